The predicted octanol–water partition coefficient (Wildman–Crippen LogP) is 3.38. The summed E-state index contributed by atoms with van der Waals surface area (Å²) in [5.41, 5.74) is 4.00. The van der Waals surface area contributed by atoms with Crippen molar-refractivity contribution in [2.45, 2.75) is 46.1 Å². The van der Waals surface area contributed by atoms with Crippen molar-refractivity contribution in [3.05, 3.63) is 34.9 Å². The summed E-state index contributed by atoms with van der Waals surface area (Å²) >= 11 is 0. The van der Waals surface area contributed by atoms with Crippen molar-refractivity contribution in [2.75, 3.05) is 13.1 Å². The lowest BCUT2D eigenvalue weighted by Gasteiger charge is -2.22. The molecule has 0 bridgehead atoms. The fourth-order valence-corrected chi connectivity index (χ4v) is 2.57. The maximum atomic E-state index is 11.7. The molecule has 0 aliphatic carbocycles. The van der Waals surface area contributed by atoms with Crippen LogP contribution in [0.5, 0.6) is 0 Å². The van der Waals surface area contributed by atoms with Crippen LogP contribution in [0, 0.1) is 6.92 Å². The number of amides is 2. The zero-order chi connectivity index (χ0) is 14.2. The largest absolute Gasteiger partial charge is 0.329 e. The number of urea groups is 1. The highest BCUT2D eigenvalue weighted by molar-refractivity contribution is 5.77. The smallest absolute Gasteiger partial charge is 0.318 e. The van der Waals surface area contributed by atoms with Gasteiger partial charge in [-0.05, 0) is 36.0 Å². The Kier molecular flexibility index (Phi) is 3.57. The van der Waals surface area contributed by atoms with Gasteiger partial charge in [-0.15, -0.1) is 0 Å². The molecule has 1 saturated heterocycles. The van der Waals surface area contributed by atoms with Gasteiger partial charge >= 0.3 is 6.03 Å². The van der Waals surface area contributed by atoms with Gasteiger partial charge in [-0.25, -0.2) is 4.79 Å². The van der Waals surface area contributed by atoms with E-state index in [1.54, 1.807) is 0 Å². The highest BCUT2D eigenvalue weighted by Gasteiger charge is 2.29. The van der Waals surface area contributed by atoms with Crippen LogP contribution in [0.3, 0.4) is 0 Å². The second kappa shape index (κ2) is 4.87. The van der Waals surface area contributed by atoms with Gasteiger partial charge in [-0.3, -0.25) is 0 Å². The average molecular weight is 260 g/mol. The Bertz CT molecular complexity index is 488. The van der Waals surface area contributed by atoms with E-state index in [0.29, 0.717) is 0 Å². The summed E-state index contributed by atoms with van der Waals surface area (Å²) in [6.45, 7) is 12.3. The fraction of sp³-hybridized carbons (Fsp3) is 0.562. The summed E-state index contributed by atoms with van der Waals surface area (Å²) in [5.74, 6) is 0. The quantitative estimate of drug-likeness (QED) is 0.868. The van der Waals surface area contributed by atoms with Gasteiger partial charge in [0.15, 0.2) is 0 Å². The summed E-state index contributed by atoms with van der Waals surface area (Å²) in [7, 11) is 0. The van der Waals surface area contributed by atoms with Gasteiger partial charge in [0, 0.05) is 13.1 Å². The Balaban J connectivity index is 2.26. The summed E-state index contributed by atoms with van der Waals surface area (Å²) in [4.78, 5) is 13.6. The van der Waals surface area contributed by atoms with E-state index in [2.05, 4.69) is 51.2 Å². The van der Waals surface area contributed by atoms with E-state index in [0.717, 1.165) is 13.1 Å². The van der Waals surface area contributed by atoms with Crippen LogP contribution in [0.25, 0.3) is 0 Å². The summed E-state index contributed by atoms with van der Waals surface area (Å²) in [6.07, 6.45) is 0. The lowest BCUT2D eigenvalue weighted by Crippen LogP contribution is -2.27. The number of aryl methyl sites for hydroxylation is 1. The molecule has 3 nitrogen and oxygen atoms in total. The molecule has 0 spiro atoms. The van der Waals surface area contributed by atoms with Gasteiger partial charge in [0.05, 0.1) is 6.04 Å². The monoisotopic (exact) mass is 260 g/mol. The Morgan fingerprint density at radius 3 is 2.53 bits per heavy atom. The normalized spacial score (nSPS) is 19.7. The molecule has 2 amide bonds. The molecule has 1 atom stereocenters. The zero-order valence-corrected chi connectivity index (χ0v) is 12.6. The van der Waals surface area contributed by atoms with E-state index < -0.39 is 0 Å². The lowest BCUT2D eigenvalue weighted by molar-refractivity contribution is 0.219. The number of nitrogens with one attached hydrogen (secondary N) is 1. The Morgan fingerprint density at radius 2 is 2.05 bits per heavy atom. The molecule has 1 fully saturated rings. The van der Waals surface area contributed by atoms with Gasteiger partial charge < -0.3 is 10.2 Å². The third-order valence-corrected chi connectivity index (χ3v) is 3.88. The predicted molar refractivity (Wildman–Crippen MR) is 78.4 cm³/mol. The van der Waals surface area contributed by atoms with Gasteiger partial charge in [0.1, 0.15) is 0 Å². The molecule has 19 heavy (non-hydrogen) atoms. The molecule has 104 valence electrons. The lowest BCUT2D eigenvalue weighted by atomic mass is 9.84. The number of likely N-dealkylation sites (N-methyl/N-ethyl adjacent to an activating group) is 1. The molecule has 1 N–H and O–H groups in total. The van der Waals surface area contributed by atoms with Crippen molar-refractivity contribution >= 4 is 6.03 Å². The fourth-order valence-electron chi connectivity index (χ4n) is 2.57. The molecule has 1 aromatic rings. The van der Waals surface area contributed by atoms with E-state index in [1.807, 2.05) is 11.8 Å². The molecular formula is C16H24N2O. The summed E-state index contributed by atoms with van der Waals surface area (Å²) in [5, 5.41) is 3.06. The van der Waals surface area contributed by atoms with Crippen molar-refractivity contribution in [2.24, 2.45) is 0 Å². The molecule has 0 aromatic heterocycles. The molecule has 1 aromatic carbocycles. The van der Waals surface area contributed by atoms with Crippen molar-refractivity contribution in [1.82, 2.24) is 10.2 Å². The molecule has 3 heteroatoms. The molecular weight excluding hydrogens is 236 g/mol. The first-order chi connectivity index (χ1) is 8.82. The number of nitrogens with zero attached hydrogens (tertiary/aromatic N) is 1. The van der Waals surface area contributed by atoms with E-state index in [9.17, 15) is 4.79 Å². The molecule has 1 heterocycles. The Morgan fingerprint density at radius 1 is 1.37 bits per heavy atom. The molecule has 1 unspecified atom stereocenters. The van der Waals surface area contributed by atoms with Gasteiger partial charge in [0.2, 0.25) is 0 Å². The number of carbonyl (C=O) groups is 1. The van der Waals surface area contributed by atoms with E-state index in [1.165, 1.54) is 16.7 Å². The third-order valence-electron chi connectivity index (χ3n) is 3.88. The summed E-state index contributed by atoms with van der Waals surface area (Å²) in [6, 6.07) is 6.77. The van der Waals surface area contributed by atoms with Gasteiger partial charge in [-0.2, -0.15) is 0 Å². The topological polar surface area (TPSA) is 32.3 Å². The standard InChI is InChI=1S/C16H24N2O/c1-6-18-10-14(17-15(18)19)13-8-7-12(9-11(13)2)16(3,4)5/h7-9,14H,6,10H2,1-5H3,(H,17,19). The maximum Gasteiger partial charge on any atom is 0.318 e. The third kappa shape index (κ3) is 2.75. The van der Waals surface area contributed by atoms with Gasteiger partial charge in [0.25, 0.3) is 0 Å². The van der Waals surface area contributed by atoms with Crippen LogP contribution < -0.4 is 5.32 Å². The van der Waals surface area contributed by atoms with E-state index in [-0.39, 0.29) is 17.5 Å². The van der Waals surface area contributed by atoms with Crippen LogP contribution in [0.15, 0.2) is 18.2 Å². The molecule has 1 aliphatic heterocycles. The number of rotatable bonds is 2. The van der Waals surface area contributed by atoms with Crippen LogP contribution in [0.4, 0.5) is 4.79 Å². The van der Waals surface area contributed by atoms with Crippen LogP contribution in [0.1, 0.15) is 50.4 Å². The second-order valence-electron chi connectivity index (χ2n) is 6.36. The number of benzene rings is 1. The minimum absolute atomic E-state index is 0.0480. The molecule has 0 radical (unpaired) electrons. The number of hydrogen-bond donors (Lipinski definition) is 1. The first kappa shape index (κ1) is 13.9. The van der Waals surface area contributed by atoms with E-state index in [4.69, 9.17) is 0 Å². The second-order valence-corrected chi connectivity index (χ2v) is 6.36. The maximum absolute atomic E-state index is 11.7. The number of carbonyl (C=O) groups excluding carboxylic acids is 1. The Hall–Kier alpha value is -1.51. The van der Waals surface area contributed by atoms with Crippen LogP contribution in [0.2, 0.25) is 0 Å². The minimum atomic E-state index is 0.0480. The van der Waals surface area contributed by atoms with Crippen LogP contribution >= 0.6 is 0 Å². The average Bonchev–Trinajstić information content (AvgIpc) is 2.69. The van der Waals surface area contributed by atoms with Crippen molar-refractivity contribution in [1.29, 1.82) is 0 Å². The molecule has 0 saturated carbocycles. The highest BCUT2D eigenvalue weighted by Crippen LogP contribution is 2.28. The first-order valence-electron chi connectivity index (χ1n) is 6.99. The molecule has 1 aliphatic rings. The minimum Gasteiger partial charge on any atom is -0.329 e. The van der Waals surface area contributed by atoms with E-state index >= 15 is 0 Å². The zero-order valence-electron chi connectivity index (χ0n) is 12.6. The highest BCUT2D eigenvalue weighted by atomic mass is 16.2. The number of hydrogen-bond acceptors (Lipinski definition) is 1. The Labute approximate surface area is 116 Å². The van der Waals surface area contributed by atoms with Gasteiger partial charge in [-0.1, -0.05) is 39.0 Å². The van der Waals surface area contributed by atoms with Crippen LogP contribution in [-0.4, -0.2) is 24.0 Å². The van der Waals surface area contributed by atoms with Crippen molar-refractivity contribution in [3.63, 3.8) is 0 Å². The first-order valence-corrected chi connectivity index (χ1v) is 6.99. The molecule has 2 rings (SSSR count). The van der Waals surface area contributed by atoms with Crippen molar-refractivity contribution < 1.29 is 4.79 Å². The SMILES string of the molecule is CCN1CC(c2ccc(C(C)(C)C)cc2C)NC1=O. The van der Waals surface area contributed by atoms with Crippen molar-refractivity contribution in [3.8, 4) is 0 Å². The summed E-state index contributed by atoms with van der Waals surface area (Å²) < 4.78 is 0. The van der Waals surface area contributed by atoms with Crippen LogP contribution in [-0.2, 0) is 5.41 Å².